The Morgan fingerprint density at radius 2 is 2.20 bits per heavy atom. The third kappa shape index (κ3) is 8.31. The van der Waals surface area contributed by atoms with E-state index in [-0.39, 0.29) is 24.0 Å². The average molecular weight is 428 g/mol. The van der Waals surface area contributed by atoms with E-state index in [0.717, 1.165) is 31.2 Å². The van der Waals surface area contributed by atoms with Gasteiger partial charge >= 0.3 is 0 Å². The monoisotopic (exact) mass is 428 g/mol. The first-order valence-electron chi connectivity index (χ1n) is 6.66. The molecule has 116 valence electrons. The number of aliphatic imine (C=N–C) groups is 1. The Morgan fingerprint density at radius 3 is 2.80 bits per heavy atom. The van der Waals surface area contributed by atoms with Crippen molar-refractivity contribution in [3.8, 4) is 0 Å². The van der Waals surface area contributed by atoms with E-state index >= 15 is 0 Å². The topological polar surface area (TPSA) is 49.3 Å². The normalized spacial score (nSPS) is 11.1. The molecule has 0 spiro atoms. The van der Waals surface area contributed by atoms with Crippen LogP contribution in [0, 0.1) is 0 Å². The van der Waals surface area contributed by atoms with E-state index in [9.17, 15) is 0 Å². The van der Waals surface area contributed by atoms with Gasteiger partial charge in [-0.2, -0.15) is 11.8 Å². The lowest BCUT2D eigenvalue weighted by atomic mass is 10.3. The highest BCUT2D eigenvalue weighted by molar-refractivity contribution is 14.0. The molecule has 1 rings (SSSR count). The van der Waals surface area contributed by atoms with E-state index < -0.39 is 0 Å². The summed E-state index contributed by atoms with van der Waals surface area (Å²) in [5.41, 5.74) is 1.09. The molecule has 0 saturated heterocycles. The van der Waals surface area contributed by atoms with Crippen molar-refractivity contribution in [1.82, 2.24) is 15.6 Å². The molecule has 4 nitrogen and oxygen atoms in total. The first kappa shape index (κ1) is 20.0. The predicted octanol–water partition coefficient (Wildman–Crippen LogP) is 3.13. The SMILES string of the molecule is CCc1nc(CNC(=NC)NCCCCSC)cs1.I. The molecule has 0 saturated carbocycles. The number of thiazole rings is 1. The van der Waals surface area contributed by atoms with Crippen LogP contribution < -0.4 is 10.6 Å². The number of rotatable bonds is 8. The zero-order valence-electron chi connectivity index (χ0n) is 12.4. The van der Waals surface area contributed by atoms with E-state index in [0.29, 0.717) is 0 Å². The Morgan fingerprint density at radius 1 is 1.40 bits per heavy atom. The van der Waals surface area contributed by atoms with Gasteiger partial charge in [0.25, 0.3) is 0 Å². The summed E-state index contributed by atoms with van der Waals surface area (Å²) in [7, 11) is 1.80. The first-order valence-corrected chi connectivity index (χ1v) is 8.94. The smallest absolute Gasteiger partial charge is 0.191 e. The standard InChI is InChI=1S/C13H24N4S2.HI/c1-4-12-17-11(10-19-12)9-16-13(14-2)15-7-5-6-8-18-3;/h10H,4-9H2,1-3H3,(H2,14,15,16);1H. The zero-order chi connectivity index (χ0) is 13.9. The van der Waals surface area contributed by atoms with E-state index in [1.54, 1.807) is 18.4 Å². The fraction of sp³-hybridized carbons (Fsp3) is 0.692. The van der Waals surface area contributed by atoms with Crippen LogP contribution in [0.15, 0.2) is 10.4 Å². The molecule has 0 bridgehead atoms. The van der Waals surface area contributed by atoms with E-state index in [4.69, 9.17) is 0 Å². The summed E-state index contributed by atoms with van der Waals surface area (Å²) in [6.45, 7) is 3.84. The van der Waals surface area contributed by atoms with E-state index in [2.05, 4.69) is 39.2 Å². The predicted molar refractivity (Wildman–Crippen MR) is 103 cm³/mol. The van der Waals surface area contributed by atoms with Crippen molar-refractivity contribution >= 4 is 53.0 Å². The van der Waals surface area contributed by atoms with Gasteiger partial charge in [-0.3, -0.25) is 4.99 Å². The lowest BCUT2D eigenvalue weighted by Gasteiger charge is -2.10. The van der Waals surface area contributed by atoms with Crippen LogP contribution in [-0.4, -0.2) is 36.5 Å². The van der Waals surface area contributed by atoms with Crippen LogP contribution in [-0.2, 0) is 13.0 Å². The van der Waals surface area contributed by atoms with Crippen molar-refractivity contribution in [3.05, 3.63) is 16.1 Å². The Kier molecular flexibility index (Phi) is 12.7. The largest absolute Gasteiger partial charge is 0.356 e. The Bertz CT molecular complexity index is 382. The quantitative estimate of drug-likeness (QED) is 0.289. The van der Waals surface area contributed by atoms with Crippen LogP contribution in [0.25, 0.3) is 0 Å². The Labute approximate surface area is 147 Å². The minimum atomic E-state index is 0. The van der Waals surface area contributed by atoms with E-state index in [1.807, 2.05) is 11.8 Å². The number of aromatic nitrogens is 1. The van der Waals surface area contributed by atoms with Gasteiger partial charge in [-0.15, -0.1) is 35.3 Å². The highest BCUT2D eigenvalue weighted by Gasteiger charge is 2.02. The molecule has 0 atom stereocenters. The van der Waals surface area contributed by atoms with Crippen LogP contribution in [0.2, 0.25) is 0 Å². The Balaban J connectivity index is 0.00000361. The van der Waals surface area contributed by atoms with Crippen LogP contribution in [0.1, 0.15) is 30.5 Å². The summed E-state index contributed by atoms with van der Waals surface area (Å²) in [5, 5.41) is 9.92. The van der Waals surface area contributed by atoms with Gasteiger partial charge in [0, 0.05) is 19.0 Å². The van der Waals surface area contributed by atoms with Gasteiger partial charge in [-0.25, -0.2) is 4.98 Å². The molecular formula is C13H25IN4S2. The summed E-state index contributed by atoms with van der Waals surface area (Å²) in [6, 6.07) is 0. The third-order valence-corrected chi connectivity index (χ3v) is 4.37. The number of nitrogens with zero attached hydrogens (tertiary/aromatic N) is 2. The summed E-state index contributed by atoms with van der Waals surface area (Å²) in [5.74, 6) is 2.09. The highest BCUT2D eigenvalue weighted by Crippen LogP contribution is 2.09. The average Bonchev–Trinajstić information content (AvgIpc) is 2.90. The minimum Gasteiger partial charge on any atom is -0.356 e. The summed E-state index contributed by atoms with van der Waals surface area (Å²) in [4.78, 5) is 8.74. The van der Waals surface area contributed by atoms with Gasteiger partial charge in [0.15, 0.2) is 5.96 Å². The second-order valence-corrected chi connectivity index (χ2v) is 6.07. The lowest BCUT2D eigenvalue weighted by Crippen LogP contribution is -2.37. The van der Waals surface area contributed by atoms with Crippen molar-refractivity contribution in [3.63, 3.8) is 0 Å². The molecule has 2 N–H and O–H groups in total. The number of hydrogen-bond donors (Lipinski definition) is 2. The summed E-state index contributed by atoms with van der Waals surface area (Å²) >= 11 is 3.62. The summed E-state index contributed by atoms with van der Waals surface area (Å²) in [6.07, 6.45) is 5.58. The maximum absolute atomic E-state index is 4.53. The van der Waals surface area contributed by atoms with Crippen molar-refractivity contribution in [2.45, 2.75) is 32.7 Å². The maximum atomic E-state index is 4.53. The van der Waals surface area contributed by atoms with Crippen LogP contribution in [0.3, 0.4) is 0 Å². The van der Waals surface area contributed by atoms with Crippen LogP contribution in [0.4, 0.5) is 0 Å². The van der Waals surface area contributed by atoms with Gasteiger partial charge in [-0.1, -0.05) is 6.92 Å². The number of guanidine groups is 1. The van der Waals surface area contributed by atoms with Crippen LogP contribution in [0.5, 0.6) is 0 Å². The number of halogens is 1. The molecule has 20 heavy (non-hydrogen) atoms. The maximum Gasteiger partial charge on any atom is 0.191 e. The number of thioether (sulfide) groups is 1. The highest BCUT2D eigenvalue weighted by atomic mass is 127. The summed E-state index contributed by atoms with van der Waals surface area (Å²) < 4.78 is 0. The molecule has 0 aliphatic carbocycles. The fourth-order valence-electron chi connectivity index (χ4n) is 1.57. The molecule has 0 aromatic carbocycles. The lowest BCUT2D eigenvalue weighted by molar-refractivity contribution is 0.730. The molecule has 0 radical (unpaired) electrons. The molecule has 0 aliphatic rings. The number of hydrogen-bond acceptors (Lipinski definition) is 4. The third-order valence-electron chi connectivity index (χ3n) is 2.63. The van der Waals surface area contributed by atoms with Crippen LogP contribution >= 0.6 is 47.1 Å². The second kappa shape index (κ2) is 12.7. The van der Waals surface area contributed by atoms with Gasteiger partial charge in [0.05, 0.1) is 17.2 Å². The molecule has 7 heteroatoms. The molecule has 0 unspecified atom stereocenters. The molecule has 0 amide bonds. The van der Waals surface area contributed by atoms with Crippen molar-refractivity contribution in [2.24, 2.45) is 4.99 Å². The number of aryl methyl sites for hydroxylation is 1. The molecule has 1 heterocycles. The van der Waals surface area contributed by atoms with Gasteiger partial charge in [0.2, 0.25) is 0 Å². The Hall–Kier alpha value is -0.0200. The van der Waals surface area contributed by atoms with Gasteiger partial charge < -0.3 is 10.6 Å². The second-order valence-electron chi connectivity index (χ2n) is 4.14. The molecule has 0 fully saturated rings. The fourth-order valence-corrected chi connectivity index (χ4v) is 2.80. The zero-order valence-corrected chi connectivity index (χ0v) is 16.4. The molecule has 0 aliphatic heterocycles. The number of nitrogens with one attached hydrogen (secondary N) is 2. The van der Waals surface area contributed by atoms with Crippen molar-refractivity contribution in [2.75, 3.05) is 25.6 Å². The molecule has 1 aromatic heterocycles. The van der Waals surface area contributed by atoms with Crippen molar-refractivity contribution < 1.29 is 0 Å². The number of unbranched alkanes of at least 4 members (excludes halogenated alkanes) is 1. The van der Waals surface area contributed by atoms with E-state index in [1.165, 1.54) is 23.6 Å². The van der Waals surface area contributed by atoms with Gasteiger partial charge in [0.1, 0.15) is 0 Å². The molecular weight excluding hydrogens is 403 g/mol. The minimum absolute atomic E-state index is 0. The molecule has 1 aromatic rings. The van der Waals surface area contributed by atoms with Gasteiger partial charge in [-0.05, 0) is 31.3 Å². The first-order chi connectivity index (χ1) is 9.30. The van der Waals surface area contributed by atoms with Crippen molar-refractivity contribution in [1.29, 1.82) is 0 Å².